The van der Waals surface area contributed by atoms with Gasteiger partial charge in [0.15, 0.2) is 6.33 Å². The number of allylic oxidation sites excluding steroid dienone is 1. The van der Waals surface area contributed by atoms with E-state index in [9.17, 15) is 4.79 Å². The molecule has 0 saturated carbocycles. The minimum Gasteiger partial charge on any atom is -0.363 e. The molecule has 70 valence electrons. The van der Waals surface area contributed by atoms with E-state index in [2.05, 4.69) is 6.58 Å². The van der Waals surface area contributed by atoms with Gasteiger partial charge in [-0.05, 0) is 0 Å². The van der Waals surface area contributed by atoms with Gasteiger partial charge in [0.05, 0.1) is 13.6 Å². The van der Waals surface area contributed by atoms with E-state index >= 15 is 0 Å². The van der Waals surface area contributed by atoms with E-state index in [1.54, 1.807) is 28.6 Å². The molecule has 1 heterocycles. The number of nitrogens with zero attached hydrogens (tertiary/aromatic N) is 2. The number of hydrogen-bond acceptors (Lipinski definition) is 2. The predicted octanol–water partition coefficient (Wildman–Crippen LogP) is -0.820. The van der Waals surface area contributed by atoms with Crippen LogP contribution in [0.25, 0.3) is 0 Å². The molecular formula is C8H13N4O+. The molecule has 0 radical (unpaired) electrons. The second kappa shape index (κ2) is 3.30. The molecule has 0 aromatic carbocycles. The SMILES string of the molecule is C=CC[n+]1cn(C)c(C(N)=O)c1N. The molecule has 5 nitrogen and oxygen atoms in total. The summed E-state index contributed by atoms with van der Waals surface area (Å²) in [4.78, 5) is 10.9. The normalized spacial score (nSPS) is 9.92. The lowest BCUT2D eigenvalue weighted by atomic mass is 10.4. The summed E-state index contributed by atoms with van der Waals surface area (Å²) >= 11 is 0. The van der Waals surface area contributed by atoms with Gasteiger partial charge in [0.25, 0.3) is 11.7 Å². The highest BCUT2D eigenvalue weighted by atomic mass is 16.1. The Labute approximate surface area is 76.3 Å². The molecule has 1 aromatic heterocycles. The maximum atomic E-state index is 10.9. The Morgan fingerprint density at radius 3 is 2.85 bits per heavy atom. The number of anilines is 1. The number of nitrogens with two attached hydrogens (primary N) is 2. The van der Waals surface area contributed by atoms with Crippen LogP contribution in [0.1, 0.15) is 10.5 Å². The number of imidazole rings is 1. The van der Waals surface area contributed by atoms with E-state index in [-0.39, 0.29) is 0 Å². The first-order valence-corrected chi connectivity index (χ1v) is 3.83. The summed E-state index contributed by atoms with van der Waals surface area (Å²) in [6, 6.07) is 0. The van der Waals surface area contributed by atoms with Crippen LogP contribution in [0.5, 0.6) is 0 Å². The number of amides is 1. The second-order valence-electron chi connectivity index (χ2n) is 2.77. The second-order valence-corrected chi connectivity index (χ2v) is 2.77. The molecule has 0 bridgehead atoms. The number of aryl methyl sites for hydroxylation is 1. The van der Waals surface area contributed by atoms with Gasteiger partial charge in [0.1, 0.15) is 0 Å². The van der Waals surface area contributed by atoms with Gasteiger partial charge in [-0.15, -0.1) is 0 Å². The van der Waals surface area contributed by atoms with E-state index in [0.29, 0.717) is 18.1 Å². The van der Waals surface area contributed by atoms with Crippen LogP contribution < -0.4 is 16.0 Å². The molecule has 5 heteroatoms. The van der Waals surface area contributed by atoms with Crippen LogP contribution in [0, 0.1) is 0 Å². The number of nitrogen functional groups attached to an aromatic ring is 1. The van der Waals surface area contributed by atoms with Gasteiger partial charge < -0.3 is 11.5 Å². The van der Waals surface area contributed by atoms with Gasteiger partial charge in [-0.1, -0.05) is 12.7 Å². The highest BCUT2D eigenvalue weighted by Gasteiger charge is 2.20. The molecular weight excluding hydrogens is 168 g/mol. The Kier molecular flexibility index (Phi) is 2.36. The molecule has 1 rings (SSSR count). The van der Waals surface area contributed by atoms with Crippen molar-refractivity contribution in [2.75, 3.05) is 5.73 Å². The molecule has 13 heavy (non-hydrogen) atoms. The van der Waals surface area contributed by atoms with Crippen LogP contribution in [-0.2, 0) is 13.6 Å². The smallest absolute Gasteiger partial charge is 0.287 e. The lowest BCUT2D eigenvalue weighted by molar-refractivity contribution is -0.672. The van der Waals surface area contributed by atoms with Crippen molar-refractivity contribution >= 4 is 11.7 Å². The van der Waals surface area contributed by atoms with Crippen LogP contribution in [0.2, 0.25) is 0 Å². The lowest BCUT2D eigenvalue weighted by Crippen LogP contribution is -2.34. The van der Waals surface area contributed by atoms with Crippen molar-refractivity contribution in [2.45, 2.75) is 6.54 Å². The van der Waals surface area contributed by atoms with E-state index < -0.39 is 5.91 Å². The third-order valence-corrected chi connectivity index (χ3v) is 1.78. The zero-order chi connectivity index (χ0) is 10.0. The molecule has 0 saturated heterocycles. The number of carbonyl (C=O) groups is 1. The van der Waals surface area contributed by atoms with Crippen LogP contribution in [0.4, 0.5) is 5.82 Å². The first-order chi connectivity index (χ1) is 6.07. The van der Waals surface area contributed by atoms with Crippen molar-refractivity contribution in [2.24, 2.45) is 12.8 Å². The topological polar surface area (TPSA) is 77.9 Å². The average molecular weight is 181 g/mol. The minimum absolute atomic E-state index is 0.321. The van der Waals surface area contributed by atoms with Gasteiger partial charge in [0.2, 0.25) is 5.69 Å². The molecule has 0 fully saturated rings. The molecule has 1 aromatic rings. The first-order valence-electron chi connectivity index (χ1n) is 3.83. The molecule has 0 atom stereocenters. The Balaban J connectivity index is 3.21. The minimum atomic E-state index is -0.525. The first kappa shape index (κ1) is 9.31. The predicted molar refractivity (Wildman–Crippen MR) is 48.7 cm³/mol. The highest BCUT2D eigenvalue weighted by molar-refractivity contribution is 5.94. The molecule has 0 unspecified atom stereocenters. The van der Waals surface area contributed by atoms with Crippen molar-refractivity contribution in [1.82, 2.24) is 4.57 Å². The number of aromatic nitrogens is 2. The fraction of sp³-hybridized carbons (Fsp3) is 0.250. The number of carbonyl (C=O) groups excluding carboxylic acids is 1. The third kappa shape index (κ3) is 1.53. The Morgan fingerprint density at radius 2 is 2.46 bits per heavy atom. The van der Waals surface area contributed by atoms with Crippen molar-refractivity contribution in [3.05, 3.63) is 24.7 Å². The molecule has 1 amide bonds. The van der Waals surface area contributed by atoms with Crippen molar-refractivity contribution < 1.29 is 9.36 Å². The van der Waals surface area contributed by atoms with E-state index in [4.69, 9.17) is 11.5 Å². The van der Waals surface area contributed by atoms with Crippen molar-refractivity contribution in [1.29, 1.82) is 0 Å². The zero-order valence-electron chi connectivity index (χ0n) is 7.53. The summed E-state index contributed by atoms with van der Waals surface area (Å²) in [5.74, 6) is -0.155. The molecule has 0 aliphatic carbocycles. The van der Waals surface area contributed by atoms with Gasteiger partial charge >= 0.3 is 0 Å². The van der Waals surface area contributed by atoms with Gasteiger partial charge in [-0.25, -0.2) is 4.57 Å². The maximum Gasteiger partial charge on any atom is 0.287 e. The quantitative estimate of drug-likeness (QED) is 0.472. The van der Waals surface area contributed by atoms with E-state index in [1.165, 1.54) is 0 Å². The fourth-order valence-corrected chi connectivity index (χ4v) is 1.23. The largest absolute Gasteiger partial charge is 0.363 e. The van der Waals surface area contributed by atoms with Crippen LogP contribution in [-0.4, -0.2) is 10.5 Å². The number of primary amides is 1. The Hall–Kier alpha value is -1.78. The van der Waals surface area contributed by atoms with Crippen LogP contribution >= 0.6 is 0 Å². The summed E-state index contributed by atoms with van der Waals surface area (Å²) in [5.41, 5.74) is 11.2. The molecule has 0 aliphatic rings. The van der Waals surface area contributed by atoms with E-state index in [0.717, 1.165) is 0 Å². The van der Waals surface area contributed by atoms with Crippen LogP contribution in [0.3, 0.4) is 0 Å². The lowest BCUT2D eigenvalue weighted by Gasteiger charge is -1.92. The standard InChI is InChI=1S/C8H12N4O/c1-3-4-12-5-11(2)6(7(12)9)8(10)13/h3,5H,1,4H2,2H3,(H3-,9,10,13)/p+1. The van der Waals surface area contributed by atoms with Gasteiger partial charge in [0, 0.05) is 0 Å². The van der Waals surface area contributed by atoms with Crippen molar-refractivity contribution in [3.8, 4) is 0 Å². The van der Waals surface area contributed by atoms with Gasteiger partial charge in [-0.3, -0.25) is 9.36 Å². The summed E-state index contributed by atoms with van der Waals surface area (Å²) in [5, 5.41) is 0. The Morgan fingerprint density at radius 1 is 1.85 bits per heavy atom. The maximum absolute atomic E-state index is 10.9. The number of rotatable bonds is 3. The summed E-state index contributed by atoms with van der Waals surface area (Å²) in [7, 11) is 1.72. The summed E-state index contributed by atoms with van der Waals surface area (Å²) in [6.45, 7) is 4.14. The Bertz CT molecular complexity index is 353. The summed E-state index contributed by atoms with van der Waals surface area (Å²) in [6.07, 6.45) is 3.40. The van der Waals surface area contributed by atoms with E-state index in [1.807, 2.05) is 0 Å². The van der Waals surface area contributed by atoms with Crippen molar-refractivity contribution in [3.63, 3.8) is 0 Å². The molecule has 4 N–H and O–H groups in total. The highest BCUT2D eigenvalue weighted by Crippen LogP contribution is 2.04. The summed E-state index contributed by atoms with van der Waals surface area (Å²) < 4.78 is 3.30. The number of hydrogen-bond donors (Lipinski definition) is 2. The molecule has 0 aliphatic heterocycles. The fourth-order valence-electron chi connectivity index (χ4n) is 1.23. The molecule has 0 spiro atoms. The third-order valence-electron chi connectivity index (χ3n) is 1.78. The van der Waals surface area contributed by atoms with Crippen LogP contribution in [0.15, 0.2) is 19.0 Å². The van der Waals surface area contributed by atoms with Gasteiger partial charge in [-0.2, -0.15) is 0 Å². The zero-order valence-corrected chi connectivity index (χ0v) is 7.53. The monoisotopic (exact) mass is 181 g/mol. The average Bonchev–Trinajstić information content (AvgIpc) is 2.28.